The molecular weight excluding hydrogens is 432 g/mol. The van der Waals surface area contributed by atoms with Gasteiger partial charge in [0.05, 0.1) is 31.9 Å². The van der Waals surface area contributed by atoms with Crippen molar-refractivity contribution in [1.29, 1.82) is 0 Å². The fraction of sp³-hybridized carbons (Fsp3) is 0.333. The van der Waals surface area contributed by atoms with Gasteiger partial charge in [-0.2, -0.15) is 0 Å². The summed E-state index contributed by atoms with van der Waals surface area (Å²) in [4.78, 5) is 29.8. The van der Waals surface area contributed by atoms with E-state index >= 15 is 0 Å². The zero-order valence-corrected chi connectivity index (χ0v) is 18.5. The van der Waals surface area contributed by atoms with E-state index in [1.807, 2.05) is 12.1 Å². The maximum Gasteiger partial charge on any atom is 0.295 e. The molecular formula is C24H25ClN2O5. The van der Waals surface area contributed by atoms with Gasteiger partial charge in [-0.15, -0.1) is 0 Å². The summed E-state index contributed by atoms with van der Waals surface area (Å²) in [5, 5.41) is 11.6. The summed E-state index contributed by atoms with van der Waals surface area (Å²) in [6.45, 7) is 3.83. The molecule has 2 fully saturated rings. The van der Waals surface area contributed by atoms with E-state index in [0.29, 0.717) is 42.6 Å². The van der Waals surface area contributed by atoms with Gasteiger partial charge < -0.3 is 19.5 Å². The number of hydrogen-bond donors (Lipinski definition) is 1. The van der Waals surface area contributed by atoms with Crippen molar-refractivity contribution in [3.8, 4) is 5.75 Å². The fourth-order valence-corrected chi connectivity index (χ4v) is 4.21. The SMILES string of the molecule is COc1ccc(C2/C(=C(/O)c3ccc(Cl)cc3)C(=O)C(=O)N2CCN2CCOCC2)cc1. The molecule has 0 bridgehead atoms. The minimum absolute atomic E-state index is 0.0736. The summed E-state index contributed by atoms with van der Waals surface area (Å²) < 4.78 is 10.6. The summed E-state index contributed by atoms with van der Waals surface area (Å²) in [5.41, 5.74) is 1.23. The van der Waals surface area contributed by atoms with Crippen molar-refractivity contribution in [3.63, 3.8) is 0 Å². The Bertz CT molecular complexity index is 1010. The van der Waals surface area contributed by atoms with Crippen LogP contribution in [0.3, 0.4) is 0 Å². The van der Waals surface area contributed by atoms with Crippen molar-refractivity contribution >= 4 is 29.1 Å². The monoisotopic (exact) mass is 456 g/mol. The third kappa shape index (κ3) is 4.50. The number of rotatable bonds is 6. The number of morpholine rings is 1. The van der Waals surface area contributed by atoms with Gasteiger partial charge in [-0.25, -0.2) is 0 Å². The predicted octanol–water partition coefficient (Wildman–Crippen LogP) is 3.10. The summed E-state index contributed by atoms with van der Waals surface area (Å²) in [7, 11) is 1.57. The highest BCUT2D eigenvalue weighted by molar-refractivity contribution is 6.46. The number of likely N-dealkylation sites (tertiary alicyclic amines) is 1. The van der Waals surface area contributed by atoms with Crippen LogP contribution in [-0.4, -0.2) is 73.1 Å². The Morgan fingerprint density at radius 3 is 2.34 bits per heavy atom. The van der Waals surface area contributed by atoms with Crippen LogP contribution in [0.4, 0.5) is 0 Å². The molecule has 32 heavy (non-hydrogen) atoms. The lowest BCUT2D eigenvalue weighted by atomic mass is 9.95. The van der Waals surface area contributed by atoms with Gasteiger partial charge in [-0.3, -0.25) is 14.5 Å². The number of aliphatic hydroxyl groups excluding tert-OH is 1. The van der Waals surface area contributed by atoms with E-state index in [1.165, 1.54) is 0 Å². The van der Waals surface area contributed by atoms with Gasteiger partial charge >= 0.3 is 0 Å². The first kappa shape index (κ1) is 22.3. The highest BCUT2D eigenvalue weighted by Crippen LogP contribution is 2.39. The number of Topliss-reactive ketones (excluding diaryl/α,β-unsaturated/α-hetero) is 1. The van der Waals surface area contributed by atoms with Crippen LogP contribution in [-0.2, 0) is 14.3 Å². The van der Waals surface area contributed by atoms with E-state index in [9.17, 15) is 14.7 Å². The van der Waals surface area contributed by atoms with E-state index in [1.54, 1.807) is 48.4 Å². The van der Waals surface area contributed by atoms with Crippen molar-refractivity contribution in [2.75, 3.05) is 46.5 Å². The molecule has 0 radical (unpaired) electrons. The molecule has 0 spiro atoms. The summed E-state index contributed by atoms with van der Waals surface area (Å²) in [6, 6.07) is 13.0. The number of methoxy groups -OCH3 is 1. The first-order valence-corrected chi connectivity index (χ1v) is 10.9. The number of benzene rings is 2. The maximum absolute atomic E-state index is 13.1. The Hall–Kier alpha value is -2.87. The normalized spacial score (nSPS) is 21.2. The molecule has 2 aliphatic heterocycles. The molecule has 1 atom stereocenters. The fourth-order valence-electron chi connectivity index (χ4n) is 4.08. The van der Waals surface area contributed by atoms with Crippen molar-refractivity contribution in [3.05, 3.63) is 70.3 Å². The molecule has 2 aliphatic rings. The molecule has 1 unspecified atom stereocenters. The Balaban J connectivity index is 1.72. The van der Waals surface area contributed by atoms with Crippen LogP contribution in [0.2, 0.25) is 5.02 Å². The minimum Gasteiger partial charge on any atom is -0.507 e. The molecule has 7 nitrogen and oxygen atoms in total. The Labute approximate surface area is 191 Å². The van der Waals surface area contributed by atoms with Crippen LogP contribution in [0.1, 0.15) is 17.2 Å². The number of carbonyl (C=O) groups excluding carboxylic acids is 2. The topological polar surface area (TPSA) is 79.3 Å². The highest BCUT2D eigenvalue weighted by atomic mass is 35.5. The maximum atomic E-state index is 13.1. The lowest BCUT2D eigenvalue weighted by Gasteiger charge is -2.31. The third-order valence-corrected chi connectivity index (χ3v) is 6.10. The average Bonchev–Trinajstić information content (AvgIpc) is 3.08. The number of halogens is 1. The van der Waals surface area contributed by atoms with Crippen LogP contribution in [0.5, 0.6) is 5.75 Å². The number of hydrogen-bond acceptors (Lipinski definition) is 6. The Morgan fingerprint density at radius 2 is 1.72 bits per heavy atom. The second-order valence-electron chi connectivity index (χ2n) is 7.73. The van der Waals surface area contributed by atoms with Gasteiger partial charge in [0.2, 0.25) is 0 Å². The molecule has 2 saturated heterocycles. The predicted molar refractivity (Wildman–Crippen MR) is 121 cm³/mol. The second-order valence-corrected chi connectivity index (χ2v) is 8.16. The lowest BCUT2D eigenvalue weighted by molar-refractivity contribution is -0.140. The van der Waals surface area contributed by atoms with E-state index < -0.39 is 17.7 Å². The lowest BCUT2D eigenvalue weighted by Crippen LogP contribution is -2.42. The first-order valence-electron chi connectivity index (χ1n) is 10.5. The molecule has 2 aromatic carbocycles. The van der Waals surface area contributed by atoms with Crippen LogP contribution in [0, 0.1) is 0 Å². The van der Waals surface area contributed by atoms with E-state index in [0.717, 1.165) is 18.7 Å². The smallest absolute Gasteiger partial charge is 0.295 e. The van der Waals surface area contributed by atoms with Gasteiger partial charge in [0.15, 0.2) is 0 Å². The minimum atomic E-state index is -0.697. The Morgan fingerprint density at radius 1 is 1.06 bits per heavy atom. The number of ketones is 1. The first-order chi connectivity index (χ1) is 15.5. The van der Waals surface area contributed by atoms with Crippen molar-refractivity contribution in [2.24, 2.45) is 0 Å². The van der Waals surface area contributed by atoms with Gasteiger partial charge in [0, 0.05) is 36.8 Å². The zero-order valence-electron chi connectivity index (χ0n) is 17.8. The summed E-state index contributed by atoms with van der Waals surface area (Å²) >= 11 is 5.97. The number of aliphatic hydroxyl groups is 1. The molecule has 2 heterocycles. The number of amides is 1. The van der Waals surface area contributed by atoms with E-state index in [4.69, 9.17) is 21.1 Å². The summed E-state index contributed by atoms with van der Waals surface area (Å²) in [6.07, 6.45) is 0. The third-order valence-electron chi connectivity index (χ3n) is 5.85. The average molecular weight is 457 g/mol. The molecule has 0 aromatic heterocycles. The van der Waals surface area contributed by atoms with Crippen molar-refractivity contribution < 1.29 is 24.2 Å². The second kappa shape index (κ2) is 9.73. The van der Waals surface area contributed by atoms with Crippen molar-refractivity contribution in [1.82, 2.24) is 9.80 Å². The summed E-state index contributed by atoms with van der Waals surface area (Å²) in [5.74, 6) is -0.860. The molecule has 0 aliphatic carbocycles. The van der Waals surface area contributed by atoms with Gasteiger partial charge in [-0.05, 0) is 42.0 Å². The zero-order chi connectivity index (χ0) is 22.7. The molecule has 4 rings (SSSR count). The van der Waals surface area contributed by atoms with Crippen LogP contribution >= 0.6 is 11.6 Å². The van der Waals surface area contributed by atoms with Gasteiger partial charge in [0.1, 0.15) is 11.5 Å². The number of ether oxygens (including phenoxy) is 2. The largest absolute Gasteiger partial charge is 0.507 e. The molecule has 0 saturated carbocycles. The van der Waals surface area contributed by atoms with E-state index in [2.05, 4.69) is 4.90 Å². The van der Waals surface area contributed by atoms with Crippen molar-refractivity contribution in [2.45, 2.75) is 6.04 Å². The molecule has 1 N–H and O–H groups in total. The highest BCUT2D eigenvalue weighted by Gasteiger charge is 2.46. The quantitative estimate of drug-likeness (QED) is 0.409. The van der Waals surface area contributed by atoms with Gasteiger partial charge in [-0.1, -0.05) is 23.7 Å². The molecule has 8 heteroatoms. The van der Waals surface area contributed by atoms with Gasteiger partial charge in [0.25, 0.3) is 11.7 Å². The van der Waals surface area contributed by atoms with Crippen LogP contribution in [0.25, 0.3) is 5.76 Å². The molecule has 1 amide bonds. The van der Waals surface area contributed by atoms with Crippen LogP contribution < -0.4 is 4.74 Å². The standard InChI is InChI=1S/C24H25ClN2O5/c1-31-19-8-4-16(5-9-19)21-20(22(28)17-2-6-18(25)7-3-17)23(29)24(30)27(21)11-10-26-12-14-32-15-13-26/h2-9,21,28H,10-15H2,1H3/b22-20-. The van der Waals surface area contributed by atoms with E-state index in [-0.39, 0.29) is 11.3 Å². The Kier molecular flexibility index (Phi) is 6.79. The van der Waals surface area contributed by atoms with Crippen LogP contribution in [0.15, 0.2) is 54.1 Å². The molecule has 168 valence electrons. The molecule has 2 aromatic rings. The number of carbonyl (C=O) groups is 2. The number of nitrogens with zero attached hydrogens (tertiary/aromatic N) is 2.